The number of benzene rings is 3. The minimum atomic E-state index is -1.05. The van der Waals surface area contributed by atoms with E-state index in [9.17, 15) is 9.90 Å². The summed E-state index contributed by atoms with van der Waals surface area (Å²) >= 11 is 0. The monoisotopic (exact) mass is 611 g/mol. The number of pyridine rings is 1. The third kappa shape index (κ3) is 7.98. The van der Waals surface area contributed by atoms with E-state index in [-0.39, 0.29) is 18.8 Å². The second-order valence-electron chi connectivity index (χ2n) is 11.7. The zero-order chi connectivity index (χ0) is 31.9. The maximum Gasteiger partial charge on any atom is 0.404 e. The number of fused-ring (bicyclic) bond motifs is 3. The van der Waals surface area contributed by atoms with Crippen molar-refractivity contribution < 1.29 is 28.8 Å². The number of hydrogen-bond donors (Lipinski definition) is 2. The van der Waals surface area contributed by atoms with Gasteiger partial charge in [0.05, 0.1) is 20.3 Å². The SMILES string of the molecule is COc1ccc(CN(Cc2ccc(OC)cc2)c2cc3c(cn2)C(C)Oc2cc(OC[C@H](CC(C)C)NC(=O)O)ccc2-3)cc1. The van der Waals surface area contributed by atoms with Crippen molar-refractivity contribution in [1.82, 2.24) is 10.3 Å². The van der Waals surface area contributed by atoms with E-state index >= 15 is 0 Å². The van der Waals surface area contributed by atoms with E-state index in [2.05, 4.69) is 54.4 Å². The van der Waals surface area contributed by atoms with E-state index in [0.717, 1.165) is 45.1 Å². The number of nitrogens with zero attached hydrogens (tertiary/aromatic N) is 2. The molecule has 1 aromatic heterocycles. The Morgan fingerprint density at radius 3 is 2.07 bits per heavy atom. The molecular weight excluding hydrogens is 570 g/mol. The van der Waals surface area contributed by atoms with Crippen LogP contribution in [0.2, 0.25) is 0 Å². The molecule has 45 heavy (non-hydrogen) atoms. The molecule has 0 aliphatic carbocycles. The highest BCUT2D eigenvalue weighted by Gasteiger charge is 2.26. The number of amides is 1. The average Bonchev–Trinajstić information content (AvgIpc) is 3.03. The van der Waals surface area contributed by atoms with Crippen LogP contribution in [0.15, 0.2) is 79.0 Å². The van der Waals surface area contributed by atoms with Crippen molar-refractivity contribution in [3.63, 3.8) is 0 Å². The lowest BCUT2D eigenvalue weighted by Crippen LogP contribution is -2.39. The van der Waals surface area contributed by atoms with Crippen molar-refractivity contribution in [3.8, 4) is 34.1 Å². The Hall–Kier alpha value is -4.92. The van der Waals surface area contributed by atoms with Gasteiger partial charge >= 0.3 is 6.09 Å². The van der Waals surface area contributed by atoms with E-state index in [1.807, 2.05) is 55.6 Å². The summed E-state index contributed by atoms with van der Waals surface area (Å²) in [6.07, 6.45) is 1.33. The van der Waals surface area contributed by atoms with Gasteiger partial charge in [-0.15, -0.1) is 0 Å². The van der Waals surface area contributed by atoms with Gasteiger partial charge < -0.3 is 34.3 Å². The maximum absolute atomic E-state index is 11.3. The van der Waals surface area contributed by atoms with Crippen molar-refractivity contribution in [2.45, 2.75) is 52.4 Å². The number of methoxy groups -OCH3 is 2. The van der Waals surface area contributed by atoms with Gasteiger partial charge in [0, 0.05) is 36.5 Å². The van der Waals surface area contributed by atoms with Crippen LogP contribution in [0.25, 0.3) is 11.1 Å². The summed E-state index contributed by atoms with van der Waals surface area (Å²) in [5, 5.41) is 11.8. The molecule has 2 heterocycles. The quantitative estimate of drug-likeness (QED) is 0.160. The molecule has 0 radical (unpaired) electrons. The molecule has 1 unspecified atom stereocenters. The zero-order valence-corrected chi connectivity index (χ0v) is 26.4. The number of carboxylic acid groups (broad SMARTS) is 1. The molecule has 0 fully saturated rings. The molecule has 9 nitrogen and oxygen atoms in total. The van der Waals surface area contributed by atoms with Crippen molar-refractivity contribution >= 4 is 11.9 Å². The summed E-state index contributed by atoms with van der Waals surface area (Å²) in [5.41, 5.74) is 5.29. The molecule has 1 amide bonds. The van der Waals surface area contributed by atoms with Crippen molar-refractivity contribution in [1.29, 1.82) is 0 Å². The van der Waals surface area contributed by atoms with Gasteiger partial charge in [0.25, 0.3) is 0 Å². The van der Waals surface area contributed by atoms with Gasteiger partial charge in [-0.1, -0.05) is 38.1 Å². The van der Waals surface area contributed by atoms with Crippen molar-refractivity contribution in [2.75, 3.05) is 25.7 Å². The maximum atomic E-state index is 11.3. The first-order valence-corrected chi connectivity index (χ1v) is 15.2. The molecule has 0 bridgehead atoms. The normalized spacial score (nSPS) is 14.0. The van der Waals surface area contributed by atoms with Crippen LogP contribution in [0.1, 0.15) is 50.0 Å². The van der Waals surface area contributed by atoms with Gasteiger partial charge in [0.2, 0.25) is 0 Å². The fourth-order valence-electron chi connectivity index (χ4n) is 5.58. The average molecular weight is 612 g/mol. The van der Waals surface area contributed by atoms with Crippen LogP contribution >= 0.6 is 0 Å². The second kappa shape index (κ2) is 14.2. The van der Waals surface area contributed by atoms with Gasteiger partial charge in [-0.25, -0.2) is 9.78 Å². The lowest BCUT2D eigenvalue weighted by atomic mass is 9.94. The van der Waals surface area contributed by atoms with E-state index in [1.165, 1.54) is 0 Å². The van der Waals surface area contributed by atoms with Gasteiger partial charge in [-0.05, 0) is 78.4 Å². The largest absolute Gasteiger partial charge is 0.497 e. The number of nitrogens with one attached hydrogen (secondary N) is 1. The molecule has 2 N–H and O–H groups in total. The number of carbonyl (C=O) groups is 1. The van der Waals surface area contributed by atoms with Crippen molar-refractivity contribution in [2.24, 2.45) is 5.92 Å². The van der Waals surface area contributed by atoms with Gasteiger partial charge in [-0.2, -0.15) is 0 Å². The molecule has 5 rings (SSSR count). The van der Waals surface area contributed by atoms with Crippen LogP contribution < -0.4 is 29.2 Å². The minimum Gasteiger partial charge on any atom is -0.497 e. The molecule has 4 aromatic rings. The lowest BCUT2D eigenvalue weighted by Gasteiger charge is -2.30. The van der Waals surface area contributed by atoms with E-state index in [4.69, 9.17) is 23.9 Å². The first kappa shape index (κ1) is 31.5. The highest BCUT2D eigenvalue weighted by atomic mass is 16.5. The predicted molar refractivity (Wildman–Crippen MR) is 174 cm³/mol. The Morgan fingerprint density at radius 2 is 1.51 bits per heavy atom. The summed E-state index contributed by atoms with van der Waals surface area (Å²) in [6, 6.07) is 23.8. The minimum absolute atomic E-state index is 0.205. The highest BCUT2D eigenvalue weighted by molar-refractivity contribution is 5.78. The van der Waals surface area contributed by atoms with Crippen LogP contribution in [-0.4, -0.2) is 43.1 Å². The third-order valence-electron chi connectivity index (χ3n) is 7.83. The number of hydrogen-bond acceptors (Lipinski definition) is 7. The Balaban J connectivity index is 1.43. The standard InChI is InChI=1S/C36H41N3O6/c1-23(2)16-27(38-36(40)41)22-44-30-14-15-31-32-18-35(37-19-33(32)24(3)45-34(31)17-30)39(20-25-6-10-28(42-4)11-7-25)21-26-8-12-29(43-5)13-9-26/h6-15,17-19,23-24,27,38H,16,20-22H2,1-5H3,(H,40,41)/t24?,27-/m0/s1. The number of anilines is 1. The van der Waals surface area contributed by atoms with Gasteiger partial charge in [-0.3, -0.25) is 0 Å². The summed E-state index contributed by atoms with van der Waals surface area (Å²) in [6.45, 7) is 7.65. The number of aromatic nitrogens is 1. The second-order valence-corrected chi connectivity index (χ2v) is 11.7. The molecule has 9 heteroatoms. The summed E-state index contributed by atoms with van der Waals surface area (Å²) in [7, 11) is 3.33. The fraction of sp³-hybridized carbons (Fsp3) is 0.333. The van der Waals surface area contributed by atoms with Crippen LogP contribution in [-0.2, 0) is 13.1 Å². The molecule has 1 aliphatic heterocycles. The Kier molecular flexibility index (Phi) is 9.97. The highest BCUT2D eigenvalue weighted by Crippen LogP contribution is 2.44. The van der Waals surface area contributed by atoms with E-state index < -0.39 is 6.09 Å². The van der Waals surface area contributed by atoms with Crippen LogP contribution in [0.5, 0.6) is 23.0 Å². The van der Waals surface area contributed by atoms with Gasteiger partial charge in [0.1, 0.15) is 41.5 Å². The molecule has 236 valence electrons. The van der Waals surface area contributed by atoms with Crippen LogP contribution in [0, 0.1) is 5.92 Å². The first-order valence-electron chi connectivity index (χ1n) is 15.2. The molecule has 0 spiro atoms. The zero-order valence-electron chi connectivity index (χ0n) is 26.4. The molecule has 3 aromatic carbocycles. The molecular formula is C36H41N3O6. The molecule has 1 aliphatic rings. The van der Waals surface area contributed by atoms with Crippen molar-refractivity contribution in [3.05, 3.63) is 95.7 Å². The predicted octanol–water partition coefficient (Wildman–Crippen LogP) is 7.49. The summed E-state index contributed by atoms with van der Waals surface area (Å²) < 4.78 is 23.1. The van der Waals surface area contributed by atoms with E-state index in [0.29, 0.717) is 36.9 Å². The Bertz CT molecular complexity index is 1540. The van der Waals surface area contributed by atoms with Crippen LogP contribution in [0.3, 0.4) is 0 Å². The topological polar surface area (TPSA) is 102 Å². The summed E-state index contributed by atoms with van der Waals surface area (Å²) in [5.74, 6) is 4.14. The first-order chi connectivity index (χ1) is 21.7. The lowest BCUT2D eigenvalue weighted by molar-refractivity contribution is 0.176. The number of ether oxygens (including phenoxy) is 4. The fourth-order valence-corrected chi connectivity index (χ4v) is 5.58. The van der Waals surface area contributed by atoms with Gasteiger partial charge in [0.15, 0.2) is 0 Å². The Labute approximate surface area is 264 Å². The third-order valence-corrected chi connectivity index (χ3v) is 7.83. The summed E-state index contributed by atoms with van der Waals surface area (Å²) in [4.78, 5) is 18.4. The molecule has 2 atom stereocenters. The van der Waals surface area contributed by atoms with Crippen LogP contribution in [0.4, 0.5) is 10.6 Å². The molecule has 0 saturated carbocycles. The van der Waals surface area contributed by atoms with E-state index in [1.54, 1.807) is 14.2 Å². The smallest absolute Gasteiger partial charge is 0.404 e. The number of rotatable bonds is 13. The Morgan fingerprint density at radius 1 is 0.911 bits per heavy atom. The molecule has 0 saturated heterocycles.